The van der Waals surface area contributed by atoms with Crippen molar-refractivity contribution in [2.75, 3.05) is 13.7 Å². The smallest absolute Gasteiger partial charge is 0.305 e. The minimum absolute atomic E-state index is 0.0296. The Kier molecular flexibility index (Phi) is 7.10. The summed E-state index contributed by atoms with van der Waals surface area (Å²) >= 11 is 0. The molecule has 6 heteroatoms. The predicted molar refractivity (Wildman–Crippen MR) is 74.2 cm³/mol. The van der Waals surface area contributed by atoms with E-state index in [0.717, 1.165) is 19.3 Å². The summed E-state index contributed by atoms with van der Waals surface area (Å²) in [5.41, 5.74) is -0.194. The molecule has 1 N–H and O–H groups in total. The third kappa shape index (κ3) is 6.17. The van der Waals surface area contributed by atoms with Crippen LogP contribution in [0.2, 0.25) is 0 Å². The SMILES string of the molecule is COC(=O)CCCCCNC(=O)Cn1ccccc1=O. The summed E-state index contributed by atoms with van der Waals surface area (Å²) < 4.78 is 5.89. The first-order valence-corrected chi connectivity index (χ1v) is 6.62. The number of pyridine rings is 1. The van der Waals surface area contributed by atoms with Crippen molar-refractivity contribution in [2.24, 2.45) is 0 Å². The minimum atomic E-state index is -0.211. The zero-order valence-electron chi connectivity index (χ0n) is 11.6. The number of rotatable bonds is 8. The van der Waals surface area contributed by atoms with Crippen molar-refractivity contribution in [1.82, 2.24) is 9.88 Å². The van der Waals surface area contributed by atoms with Crippen LogP contribution in [0.15, 0.2) is 29.2 Å². The molecule has 1 amide bonds. The van der Waals surface area contributed by atoms with E-state index in [2.05, 4.69) is 10.1 Å². The Morgan fingerprint density at radius 3 is 2.75 bits per heavy atom. The van der Waals surface area contributed by atoms with Crippen LogP contribution in [0.1, 0.15) is 25.7 Å². The van der Waals surface area contributed by atoms with Crippen molar-refractivity contribution in [3.8, 4) is 0 Å². The van der Waals surface area contributed by atoms with Crippen molar-refractivity contribution in [1.29, 1.82) is 0 Å². The Labute approximate surface area is 117 Å². The van der Waals surface area contributed by atoms with Gasteiger partial charge in [-0.1, -0.05) is 12.5 Å². The normalized spacial score (nSPS) is 10.1. The van der Waals surface area contributed by atoms with E-state index in [9.17, 15) is 14.4 Å². The highest BCUT2D eigenvalue weighted by Crippen LogP contribution is 1.99. The monoisotopic (exact) mass is 280 g/mol. The molecule has 1 aromatic rings. The summed E-state index contributed by atoms with van der Waals surface area (Å²) in [6, 6.07) is 4.76. The van der Waals surface area contributed by atoms with E-state index in [1.807, 2.05) is 0 Å². The van der Waals surface area contributed by atoms with Gasteiger partial charge in [-0.25, -0.2) is 0 Å². The number of nitrogens with zero attached hydrogens (tertiary/aromatic N) is 1. The molecule has 0 saturated heterocycles. The van der Waals surface area contributed by atoms with E-state index in [0.29, 0.717) is 13.0 Å². The molecule has 1 heterocycles. The number of ether oxygens (including phenoxy) is 1. The summed E-state index contributed by atoms with van der Waals surface area (Å²) in [5, 5.41) is 2.75. The third-order valence-electron chi connectivity index (χ3n) is 2.82. The van der Waals surface area contributed by atoms with Crippen LogP contribution in [-0.2, 0) is 20.9 Å². The lowest BCUT2D eigenvalue weighted by atomic mass is 10.2. The molecule has 0 unspecified atom stereocenters. The van der Waals surface area contributed by atoms with Gasteiger partial charge in [-0.3, -0.25) is 14.4 Å². The van der Waals surface area contributed by atoms with Gasteiger partial charge in [0.05, 0.1) is 7.11 Å². The molecule has 1 aromatic heterocycles. The van der Waals surface area contributed by atoms with Gasteiger partial charge in [0.15, 0.2) is 0 Å². The highest BCUT2D eigenvalue weighted by molar-refractivity contribution is 5.75. The zero-order valence-corrected chi connectivity index (χ0v) is 11.6. The maximum absolute atomic E-state index is 11.6. The number of nitrogens with one attached hydrogen (secondary N) is 1. The molecule has 0 aliphatic heterocycles. The van der Waals surface area contributed by atoms with Crippen LogP contribution in [0.25, 0.3) is 0 Å². The molecule has 0 fully saturated rings. The van der Waals surface area contributed by atoms with Crippen LogP contribution in [0.4, 0.5) is 0 Å². The number of hydrogen-bond donors (Lipinski definition) is 1. The fraction of sp³-hybridized carbons (Fsp3) is 0.500. The summed E-state index contributed by atoms with van der Waals surface area (Å²) in [7, 11) is 1.37. The van der Waals surface area contributed by atoms with Gasteiger partial charge in [0.1, 0.15) is 6.54 Å². The molecule has 20 heavy (non-hydrogen) atoms. The molecule has 1 rings (SSSR count). The summed E-state index contributed by atoms with van der Waals surface area (Å²) in [5.74, 6) is -0.399. The molecule has 0 radical (unpaired) electrons. The Bertz CT molecular complexity index is 496. The lowest BCUT2D eigenvalue weighted by Gasteiger charge is -2.06. The molecule has 0 spiro atoms. The number of amides is 1. The van der Waals surface area contributed by atoms with Gasteiger partial charge in [0, 0.05) is 25.2 Å². The summed E-state index contributed by atoms with van der Waals surface area (Å²) in [6.45, 7) is 0.573. The van der Waals surface area contributed by atoms with Crippen LogP contribution in [0.5, 0.6) is 0 Å². The van der Waals surface area contributed by atoms with Crippen LogP contribution < -0.4 is 10.9 Å². The second-order valence-corrected chi connectivity index (χ2v) is 4.40. The lowest BCUT2D eigenvalue weighted by Crippen LogP contribution is -2.32. The molecular formula is C14H20N2O4. The number of methoxy groups -OCH3 is 1. The minimum Gasteiger partial charge on any atom is -0.469 e. The first kappa shape index (κ1) is 15.9. The number of carbonyl (C=O) groups excluding carboxylic acids is 2. The van der Waals surface area contributed by atoms with Crippen LogP contribution in [0.3, 0.4) is 0 Å². The van der Waals surface area contributed by atoms with Crippen LogP contribution in [-0.4, -0.2) is 30.1 Å². The molecule has 0 aromatic carbocycles. The fourth-order valence-electron chi connectivity index (χ4n) is 1.70. The Hall–Kier alpha value is -2.11. The van der Waals surface area contributed by atoms with Crippen molar-refractivity contribution in [3.05, 3.63) is 34.7 Å². The van der Waals surface area contributed by atoms with Crippen molar-refractivity contribution < 1.29 is 14.3 Å². The van der Waals surface area contributed by atoms with E-state index < -0.39 is 0 Å². The molecule has 0 saturated carbocycles. The van der Waals surface area contributed by atoms with Gasteiger partial charge in [0.2, 0.25) is 5.91 Å². The van der Waals surface area contributed by atoms with Crippen LogP contribution >= 0.6 is 0 Å². The van der Waals surface area contributed by atoms with Crippen LogP contribution in [0, 0.1) is 0 Å². The lowest BCUT2D eigenvalue weighted by molar-refractivity contribution is -0.140. The summed E-state index contributed by atoms with van der Waals surface area (Å²) in [4.78, 5) is 33.9. The first-order chi connectivity index (χ1) is 9.63. The average molecular weight is 280 g/mol. The van der Waals surface area contributed by atoms with Crippen molar-refractivity contribution >= 4 is 11.9 Å². The molecule has 6 nitrogen and oxygen atoms in total. The number of aromatic nitrogens is 1. The van der Waals surface area contributed by atoms with E-state index in [4.69, 9.17) is 0 Å². The molecular weight excluding hydrogens is 260 g/mol. The second-order valence-electron chi connectivity index (χ2n) is 4.40. The number of unbranched alkanes of at least 4 members (excludes halogenated alkanes) is 2. The first-order valence-electron chi connectivity index (χ1n) is 6.62. The second kappa shape index (κ2) is 8.90. The molecule has 0 aliphatic carbocycles. The molecule has 0 bridgehead atoms. The van der Waals surface area contributed by atoms with E-state index in [1.54, 1.807) is 18.3 Å². The van der Waals surface area contributed by atoms with Gasteiger partial charge >= 0.3 is 5.97 Å². The van der Waals surface area contributed by atoms with E-state index in [1.165, 1.54) is 17.7 Å². The maximum Gasteiger partial charge on any atom is 0.305 e. The zero-order chi connectivity index (χ0) is 14.8. The maximum atomic E-state index is 11.6. The quantitative estimate of drug-likeness (QED) is 0.561. The fourth-order valence-corrected chi connectivity index (χ4v) is 1.70. The molecule has 0 atom stereocenters. The third-order valence-corrected chi connectivity index (χ3v) is 2.82. The number of hydrogen-bond acceptors (Lipinski definition) is 4. The Morgan fingerprint density at radius 2 is 2.05 bits per heavy atom. The molecule has 0 aliphatic rings. The van der Waals surface area contributed by atoms with Crippen molar-refractivity contribution in [3.63, 3.8) is 0 Å². The predicted octanol–water partition coefficient (Wildman–Crippen LogP) is 0.698. The van der Waals surface area contributed by atoms with Gasteiger partial charge in [-0.05, 0) is 18.9 Å². The highest BCUT2D eigenvalue weighted by atomic mass is 16.5. The highest BCUT2D eigenvalue weighted by Gasteiger charge is 2.03. The number of carbonyl (C=O) groups is 2. The van der Waals surface area contributed by atoms with Gasteiger partial charge < -0.3 is 14.6 Å². The largest absolute Gasteiger partial charge is 0.469 e. The standard InChI is InChI=1S/C14H20N2O4/c1-20-14(19)8-3-2-5-9-15-12(17)11-16-10-6-4-7-13(16)18/h4,6-7,10H,2-3,5,8-9,11H2,1H3,(H,15,17). The summed E-state index contributed by atoms with van der Waals surface area (Å²) in [6.07, 6.45) is 4.38. The average Bonchev–Trinajstić information content (AvgIpc) is 2.44. The topological polar surface area (TPSA) is 77.4 Å². The van der Waals surface area contributed by atoms with Gasteiger partial charge in [0.25, 0.3) is 5.56 Å². The van der Waals surface area contributed by atoms with Gasteiger partial charge in [-0.15, -0.1) is 0 Å². The van der Waals surface area contributed by atoms with Gasteiger partial charge in [-0.2, -0.15) is 0 Å². The van der Waals surface area contributed by atoms with Crippen molar-refractivity contribution in [2.45, 2.75) is 32.2 Å². The van der Waals surface area contributed by atoms with E-state index in [-0.39, 0.29) is 24.0 Å². The van der Waals surface area contributed by atoms with E-state index >= 15 is 0 Å². The Balaban J connectivity index is 2.14. The number of esters is 1. The Morgan fingerprint density at radius 1 is 1.25 bits per heavy atom. The molecule has 110 valence electrons.